The third-order valence-electron chi connectivity index (χ3n) is 4.33. The molecule has 0 saturated heterocycles. The minimum absolute atomic E-state index is 0.0178. The molecule has 0 amide bonds. The molecule has 3 aromatic rings. The van der Waals surface area contributed by atoms with Gasteiger partial charge in [-0.05, 0) is 56.4 Å². The molecule has 30 heavy (non-hydrogen) atoms. The Kier molecular flexibility index (Phi) is 6.63. The van der Waals surface area contributed by atoms with E-state index >= 15 is 0 Å². The molecule has 0 fully saturated rings. The molecule has 2 heterocycles. The number of anilines is 2. The first-order valence-electron chi connectivity index (χ1n) is 9.23. The van der Waals surface area contributed by atoms with Crippen LogP contribution in [-0.4, -0.2) is 45.2 Å². The summed E-state index contributed by atoms with van der Waals surface area (Å²) >= 11 is 5.47. The molecule has 0 bridgehead atoms. The van der Waals surface area contributed by atoms with Crippen molar-refractivity contribution in [3.8, 4) is 0 Å². The van der Waals surface area contributed by atoms with E-state index in [1.165, 1.54) is 24.5 Å². The maximum Gasteiger partial charge on any atom is 0.264 e. The van der Waals surface area contributed by atoms with Crippen LogP contribution in [0.3, 0.4) is 0 Å². The summed E-state index contributed by atoms with van der Waals surface area (Å²) in [5.41, 5.74) is 2.75. The van der Waals surface area contributed by atoms with Gasteiger partial charge in [0.2, 0.25) is 5.95 Å². The highest BCUT2D eigenvalue weighted by Crippen LogP contribution is 2.17. The second-order valence-corrected chi connectivity index (χ2v) is 8.65. The number of hydrogen-bond acceptors (Lipinski definition) is 6. The van der Waals surface area contributed by atoms with Crippen molar-refractivity contribution < 1.29 is 8.42 Å². The second kappa shape index (κ2) is 9.18. The number of nitrogens with zero attached hydrogens (tertiary/aromatic N) is 5. The normalized spacial score (nSPS) is 11.2. The lowest BCUT2D eigenvalue weighted by atomic mass is 10.2. The highest BCUT2D eigenvalue weighted by Gasteiger charge is 2.16. The zero-order valence-electron chi connectivity index (χ0n) is 16.9. The zero-order chi connectivity index (χ0) is 21.7. The first-order chi connectivity index (χ1) is 14.3. The highest BCUT2D eigenvalue weighted by atomic mass is 32.2. The van der Waals surface area contributed by atoms with Gasteiger partial charge >= 0.3 is 0 Å². The van der Waals surface area contributed by atoms with Gasteiger partial charge in [-0.25, -0.2) is 23.1 Å². The van der Waals surface area contributed by atoms with Crippen LogP contribution in [0.4, 0.5) is 11.6 Å². The highest BCUT2D eigenvalue weighted by molar-refractivity contribution is 7.92. The van der Waals surface area contributed by atoms with E-state index in [0.717, 1.165) is 17.8 Å². The number of nitrogens with one attached hydrogen (secondary N) is 2. The first kappa shape index (κ1) is 21.7. The van der Waals surface area contributed by atoms with Gasteiger partial charge in [0.15, 0.2) is 5.11 Å². The Morgan fingerprint density at radius 2 is 1.87 bits per heavy atom. The Bertz CT molecular complexity index is 1110. The van der Waals surface area contributed by atoms with Crippen LogP contribution >= 0.6 is 12.2 Å². The Labute approximate surface area is 181 Å². The van der Waals surface area contributed by atoms with Crippen LogP contribution in [0, 0.1) is 6.92 Å². The summed E-state index contributed by atoms with van der Waals surface area (Å²) < 4.78 is 29.1. The number of sulfonamides is 1. The summed E-state index contributed by atoms with van der Waals surface area (Å²) in [7, 11) is -1.89. The van der Waals surface area contributed by atoms with E-state index in [2.05, 4.69) is 25.1 Å². The molecular weight excluding hydrogens is 422 g/mol. The molecular formula is C19H23N7O2S2. The van der Waals surface area contributed by atoms with Gasteiger partial charge in [0.25, 0.3) is 10.0 Å². The fourth-order valence-corrected chi connectivity index (χ4v) is 3.81. The average Bonchev–Trinajstić information content (AvgIpc) is 3.08. The number of aromatic nitrogens is 4. The second-order valence-electron chi connectivity index (χ2n) is 6.58. The van der Waals surface area contributed by atoms with Crippen LogP contribution < -0.4 is 10.0 Å². The van der Waals surface area contributed by atoms with Crippen molar-refractivity contribution in [3.05, 3.63) is 60.2 Å². The monoisotopic (exact) mass is 445 g/mol. The fraction of sp³-hybridized carbons (Fsp3) is 0.263. The van der Waals surface area contributed by atoms with Gasteiger partial charge in [-0.15, -0.1) is 0 Å². The minimum Gasteiger partial charge on any atom is -0.348 e. The lowest BCUT2D eigenvalue weighted by molar-refractivity contribution is 0.506. The van der Waals surface area contributed by atoms with E-state index in [0.29, 0.717) is 17.3 Å². The standard InChI is InChI=1S/C19H23N7O2S2/c1-4-26-13-15(14(2)23-26)12-25(3)19(29)22-16-6-8-17(9-7-16)30(27,28)24-18-20-10-5-11-21-18/h5-11,13H,4,12H2,1-3H3,(H,22,29)(H,20,21,24). The lowest BCUT2D eigenvalue weighted by Crippen LogP contribution is -2.30. The van der Waals surface area contributed by atoms with Crippen LogP contribution in [-0.2, 0) is 23.1 Å². The van der Waals surface area contributed by atoms with Crippen LogP contribution in [0.2, 0.25) is 0 Å². The summed E-state index contributed by atoms with van der Waals surface area (Å²) in [6, 6.07) is 7.90. The summed E-state index contributed by atoms with van der Waals surface area (Å²) in [6.07, 6.45) is 4.94. The molecule has 3 rings (SSSR count). The third kappa shape index (κ3) is 5.30. The van der Waals surface area contributed by atoms with Crippen molar-refractivity contribution in [1.29, 1.82) is 0 Å². The van der Waals surface area contributed by atoms with E-state index in [4.69, 9.17) is 12.2 Å². The minimum atomic E-state index is -3.78. The molecule has 9 nitrogen and oxygen atoms in total. The molecule has 2 aromatic heterocycles. The Morgan fingerprint density at radius 1 is 1.20 bits per heavy atom. The Hall–Kier alpha value is -3.05. The largest absolute Gasteiger partial charge is 0.348 e. The van der Waals surface area contributed by atoms with Crippen molar-refractivity contribution >= 4 is 39.0 Å². The topological polar surface area (TPSA) is 105 Å². The predicted octanol–water partition coefficient (Wildman–Crippen LogP) is 2.63. The average molecular weight is 446 g/mol. The van der Waals surface area contributed by atoms with Gasteiger partial charge in [0.05, 0.1) is 10.6 Å². The van der Waals surface area contributed by atoms with Gasteiger partial charge in [0, 0.05) is 50.0 Å². The van der Waals surface area contributed by atoms with Crippen molar-refractivity contribution in [2.75, 3.05) is 17.1 Å². The maximum absolute atomic E-state index is 12.5. The van der Waals surface area contributed by atoms with Gasteiger partial charge in [0.1, 0.15) is 0 Å². The smallest absolute Gasteiger partial charge is 0.264 e. The number of hydrogen-bond donors (Lipinski definition) is 2. The SMILES string of the molecule is CCn1cc(CN(C)C(=S)Nc2ccc(S(=O)(=O)Nc3ncccn3)cc2)c(C)n1. The molecule has 158 valence electrons. The molecule has 0 saturated carbocycles. The maximum atomic E-state index is 12.5. The zero-order valence-corrected chi connectivity index (χ0v) is 18.5. The van der Waals surface area contributed by atoms with Crippen molar-refractivity contribution in [2.24, 2.45) is 0 Å². The van der Waals surface area contributed by atoms with Crippen molar-refractivity contribution in [3.63, 3.8) is 0 Å². The van der Waals surface area contributed by atoms with Crippen LogP contribution in [0.5, 0.6) is 0 Å². The number of rotatable bonds is 7. The van der Waals surface area contributed by atoms with Crippen LogP contribution in [0.1, 0.15) is 18.2 Å². The summed E-state index contributed by atoms with van der Waals surface area (Å²) in [6.45, 7) is 5.44. The number of thiocarbonyl (C=S) groups is 1. The van der Waals surface area contributed by atoms with Gasteiger partial charge < -0.3 is 10.2 Å². The van der Waals surface area contributed by atoms with Crippen molar-refractivity contribution in [2.45, 2.75) is 31.8 Å². The third-order valence-corrected chi connectivity index (χ3v) is 6.09. The van der Waals surface area contributed by atoms with E-state index in [-0.39, 0.29) is 10.8 Å². The first-order valence-corrected chi connectivity index (χ1v) is 11.1. The molecule has 0 spiro atoms. The van der Waals surface area contributed by atoms with E-state index in [9.17, 15) is 8.42 Å². The molecule has 2 N–H and O–H groups in total. The number of aryl methyl sites for hydroxylation is 2. The van der Waals surface area contributed by atoms with E-state index in [1.807, 2.05) is 36.7 Å². The van der Waals surface area contributed by atoms with Crippen molar-refractivity contribution in [1.82, 2.24) is 24.6 Å². The molecule has 0 radical (unpaired) electrons. The lowest BCUT2D eigenvalue weighted by Gasteiger charge is -2.21. The Balaban J connectivity index is 1.63. The summed E-state index contributed by atoms with van der Waals surface area (Å²) in [4.78, 5) is 9.74. The van der Waals surface area contributed by atoms with Crippen LogP contribution in [0.15, 0.2) is 53.8 Å². The van der Waals surface area contributed by atoms with Gasteiger partial charge in [-0.2, -0.15) is 5.10 Å². The molecule has 1 aromatic carbocycles. The van der Waals surface area contributed by atoms with E-state index < -0.39 is 10.0 Å². The summed E-state index contributed by atoms with van der Waals surface area (Å²) in [5, 5.41) is 8.08. The molecule has 11 heteroatoms. The van der Waals surface area contributed by atoms with Crippen LogP contribution in [0.25, 0.3) is 0 Å². The quantitative estimate of drug-likeness (QED) is 0.535. The van der Waals surface area contributed by atoms with E-state index in [1.54, 1.807) is 18.2 Å². The fourth-order valence-electron chi connectivity index (χ4n) is 2.67. The van der Waals surface area contributed by atoms with Gasteiger partial charge in [-0.1, -0.05) is 0 Å². The molecule has 0 unspecified atom stereocenters. The Morgan fingerprint density at radius 3 is 2.47 bits per heavy atom. The molecule has 0 aliphatic heterocycles. The molecule has 0 atom stereocenters. The van der Waals surface area contributed by atoms with Gasteiger partial charge in [-0.3, -0.25) is 4.68 Å². The molecule has 0 aliphatic carbocycles. The predicted molar refractivity (Wildman–Crippen MR) is 120 cm³/mol. The molecule has 0 aliphatic rings. The number of benzene rings is 1. The summed E-state index contributed by atoms with van der Waals surface area (Å²) in [5.74, 6) is 0.0178.